The Labute approximate surface area is 165 Å². The van der Waals surface area contributed by atoms with E-state index in [1.807, 2.05) is 19.9 Å². The average Bonchev–Trinajstić information content (AvgIpc) is 2.62. The van der Waals surface area contributed by atoms with Crippen LogP contribution in [0.2, 0.25) is 0 Å². The molecule has 0 radical (unpaired) electrons. The van der Waals surface area contributed by atoms with Crippen molar-refractivity contribution in [2.45, 2.75) is 32.2 Å². The van der Waals surface area contributed by atoms with Gasteiger partial charge in [0.1, 0.15) is 18.0 Å². The first-order chi connectivity index (χ1) is 13.2. The van der Waals surface area contributed by atoms with E-state index in [0.29, 0.717) is 11.1 Å². The zero-order valence-electron chi connectivity index (χ0n) is 15.6. The standard InChI is InChI=1S/C19H20N2O6S/c1-9-4-10(2)6-12(5-9)16(23)20-14-17(24)21-15(19(25)26)13(7-27-11(3)22)8-28-18(14)21/h4-6,14,18H,7-8H2,1-3H3,(H,20,23)(H,25,26)/p-1/t14-,18-/m1/s1. The second kappa shape index (κ2) is 7.67. The summed E-state index contributed by atoms with van der Waals surface area (Å²) in [5, 5.41) is 13.7. The molecule has 28 heavy (non-hydrogen) atoms. The number of carbonyl (C=O) groups excluding carboxylic acids is 4. The fraction of sp³-hybridized carbons (Fsp3) is 0.368. The number of thioether (sulfide) groups is 1. The monoisotopic (exact) mass is 403 g/mol. The maximum absolute atomic E-state index is 12.6. The molecule has 1 N–H and O–H groups in total. The fourth-order valence-corrected chi connectivity index (χ4v) is 4.63. The number of hydrogen-bond acceptors (Lipinski definition) is 7. The van der Waals surface area contributed by atoms with Crippen molar-refractivity contribution in [3.63, 3.8) is 0 Å². The summed E-state index contributed by atoms with van der Waals surface area (Å²) >= 11 is 1.30. The minimum absolute atomic E-state index is 0.220. The smallest absolute Gasteiger partial charge is 0.302 e. The molecule has 8 nitrogen and oxygen atoms in total. The number of nitrogens with zero attached hydrogens (tertiary/aromatic N) is 1. The first-order valence-electron chi connectivity index (χ1n) is 8.59. The Morgan fingerprint density at radius 2 is 1.89 bits per heavy atom. The molecular weight excluding hydrogens is 384 g/mol. The lowest BCUT2D eigenvalue weighted by Gasteiger charge is -2.50. The quantitative estimate of drug-likeness (QED) is 0.538. The lowest BCUT2D eigenvalue weighted by Crippen LogP contribution is -2.71. The summed E-state index contributed by atoms with van der Waals surface area (Å²) < 4.78 is 4.87. The van der Waals surface area contributed by atoms with Gasteiger partial charge in [-0.1, -0.05) is 17.2 Å². The van der Waals surface area contributed by atoms with Gasteiger partial charge >= 0.3 is 5.97 Å². The minimum Gasteiger partial charge on any atom is -0.543 e. The molecule has 9 heteroatoms. The lowest BCUT2D eigenvalue weighted by atomic mass is 10.0. The van der Waals surface area contributed by atoms with Crippen LogP contribution >= 0.6 is 11.8 Å². The van der Waals surface area contributed by atoms with E-state index in [1.54, 1.807) is 12.1 Å². The van der Waals surface area contributed by atoms with E-state index in [2.05, 4.69) is 5.32 Å². The summed E-state index contributed by atoms with van der Waals surface area (Å²) in [4.78, 5) is 48.8. The third-order valence-electron chi connectivity index (χ3n) is 4.46. The Morgan fingerprint density at radius 1 is 1.25 bits per heavy atom. The maximum atomic E-state index is 12.6. The SMILES string of the molecule is CC(=O)OCC1=C(C(=O)[O-])N2C(=O)[C@@H](NC(=O)c3cc(C)cc(C)c3)[C@H]2SC1. The maximum Gasteiger partial charge on any atom is 0.302 e. The summed E-state index contributed by atoms with van der Waals surface area (Å²) in [6.45, 7) is 4.74. The number of carboxylic acid groups (broad SMARTS) is 1. The Balaban J connectivity index is 1.77. The summed E-state index contributed by atoms with van der Waals surface area (Å²) in [5.74, 6) is -2.74. The molecule has 1 fully saturated rings. The number of esters is 1. The van der Waals surface area contributed by atoms with Gasteiger partial charge in [-0.2, -0.15) is 0 Å². The van der Waals surface area contributed by atoms with Crippen molar-refractivity contribution in [1.29, 1.82) is 0 Å². The Morgan fingerprint density at radius 3 is 2.46 bits per heavy atom. The summed E-state index contributed by atoms with van der Waals surface area (Å²) in [6.07, 6.45) is 0. The number of nitrogens with one attached hydrogen (secondary N) is 1. The molecule has 2 aliphatic heterocycles. The molecule has 1 saturated heterocycles. The van der Waals surface area contributed by atoms with Crippen LogP contribution in [-0.4, -0.2) is 52.4 Å². The highest BCUT2D eigenvalue weighted by molar-refractivity contribution is 8.00. The van der Waals surface area contributed by atoms with Gasteiger partial charge in [0, 0.05) is 23.8 Å². The van der Waals surface area contributed by atoms with E-state index in [0.717, 1.165) is 16.0 Å². The summed E-state index contributed by atoms with van der Waals surface area (Å²) in [6, 6.07) is 4.55. The number of hydrogen-bond donors (Lipinski definition) is 1. The molecule has 2 heterocycles. The van der Waals surface area contributed by atoms with Gasteiger partial charge in [0.15, 0.2) is 0 Å². The number of rotatable bonds is 5. The molecule has 0 bridgehead atoms. The van der Waals surface area contributed by atoms with Crippen LogP contribution in [0.3, 0.4) is 0 Å². The van der Waals surface area contributed by atoms with E-state index in [1.165, 1.54) is 18.7 Å². The third kappa shape index (κ3) is 3.75. The number of ether oxygens (including phenoxy) is 1. The van der Waals surface area contributed by atoms with Crippen LogP contribution in [0.25, 0.3) is 0 Å². The zero-order chi connectivity index (χ0) is 20.6. The first-order valence-corrected chi connectivity index (χ1v) is 9.64. The van der Waals surface area contributed by atoms with Gasteiger partial charge < -0.3 is 20.0 Å². The van der Waals surface area contributed by atoms with Crippen LogP contribution in [-0.2, 0) is 19.1 Å². The van der Waals surface area contributed by atoms with Gasteiger partial charge in [0.2, 0.25) is 0 Å². The molecule has 0 spiro atoms. The van der Waals surface area contributed by atoms with Gasteiger partial charge in [-0.3, -0.25) is 19.3 Å². The number of amides is 2. The number of fused-ring (bicyclic) bond motifs is 1. The highest BCUT2D eigenvalue weighted by Gasteiger charge is 2.52. The van der Waals surface area contributed by atoms with Crippen LogP contribution in [0.5, 0.6) is 0 Å². The molecule has 0 aliphatic carbocycles. The zero-order valence-corrected chi connectivity index (χ0v) is 16.4. The average molecular weight is 403 g/mol. The molecule has 2 atom stereocenters. The predicted molar refractivity (Wildman–Crippen MR) is 98.9 cm³/mol. The number of carboxylic acids is 1. The molecule has 2 aliphatic rings. The van der Waals surface area contributed by atoms with E-state index in [4.69, 9.17) is 4.74 Å². The van der Waals surface area contributed by atoms with E-state index in [-0.39, 0.29) is 18.1 Å². The topological polar surface area (TPSA) is 116 Å². The first kappa shape index (κ1) is 19.9. The van der Waals surface area contributed by atoms with Crippen molar-refractivity contribution in [2.24, 2.45) is 0 Å². The third-order valence-corrected chi connectivity index (χ3v) is 5.80. The fourth-order valence-electron chi connectivity index (χ4n) is 3.30. The van der Waals surface area contributed by atoms with Crippen molar-refractivity contribution in [2.75, 3.05) is 12.4 Å². The van der Waals surface area contributed by atoms with E-state index >= 15 is 0 Å². The summed E-state index contributed by atoms with van der Waals surface area (Å²) in [7, 11) is 0. The molecule has 0 unspecified atom stereocenters. The Bertz CT molecular complexity index is 889. The minimum atomic E-state index is -1.51. The summed E-state index contributed by atoms with van der Waals surface area (Å²) in [5.41, 5.74) is 2.30. The second-order valence-electron chi connectivity index (χ2n) is 6.76. The largest absolute Gasteiger partial charge is 0.543 e. The molecule has 2 amide bonds. The number of carbonyl (C=O) groups is 4. The van der Waals surface area contributed by atoms with Crippen molar-refractivity contribution >= 4 is 35.5 Å². The van der Waals surface area contributed by atoms with Gasteiger partial charge in [0.25, 0.3) is 11.8 Å². The molecule has 0 saturated carbocycles. The lowest BCUT2D eigenvalue weighted by molar-refractivity contribution is -0.301. The van der Waals surface area contributed by atoms with Crippen molar-refractivity contribution < 1.29 is 29.0 Å². The predicted octanol–water partition coefficient (Wildman–Crippen LogP) is -0.116. The highest BCUT2D eigenvalue weighted by Crippen LogP contribution is 2.40. The normalized spacial score (nSPS) is 21.0. The number of aliphatic carboxylic acids is 1. The molecule has 1 aromatic rings. The molecule has 1 aromatic carbocycles. The van der Waals surface area contributed by atoms with Gasteiger partial charge in [-0.25, -0.2) is 0 Å². The van der Waals surface area contributed by atoms with Crippen LogP contribution < -0.4 is 10.4 Å². The number of aryl methyl sites for hydroxylation is 2. The van der Waals surface area contributed by atoms with Crippen LogP contribution in [0.4, 0.5) is 0 Å². The van der Waals surface area contributed by atoms with Gasteiger partial charge in [-0.05, 0) is 26.0 Å². The Kier molecular flexibility index (Phi) is 5.46. The van der Waals surface area contributed by atoms with Crippen molar-refractivity contribution in [1.82, 2.24) is 10.2 Å². The van der Waals surface area contributed by atoms with Crippen LogP contribution in [0, 0.1) is 13.8 Å². The highest BCUT2D eigenvalue weighted by atomic mass is 32.2. The number of β-lactam (4-membered cyclic amide) rings is 1. The second-order valence-corrected chi connectivity index (χ2v) is 7.86. The molecule has 0 aromatic heterocycles. The number of benzene rings is 1. The van der Waals surface area contributed by atoms with Crippen LogP contribution in [0.1, 0.15) is 28.4 Å². The Hall–Kier alpha value is -2.81. The van der Waals surface area contributed by atoms with Crippen molar-refractivity contribution in [3.8, 4) is 0 Å². The molecule has 3 rings (SSSR count). The van der Waals surface area contributed by atoms with E-state index < -0.39 is 35.2 Å². The molecular formula is C19H19N2O6S-. The van der Waals surface area contributed by atoms with E-state index in [9.17, 15) is 24.3 Å². The van der Waals surface area contributed by atoms with Crippen molar-refractivity contribution in [3.05, 3.63) is 46.2 Å². The van der Waals surface area contributed by atoms with Crippen LogP contribution in [0.15, 0.2) is 29.5 Å². The molecule has 148 valence electrons. The van der Waals surface area contributed by atoms with Gasteiger partial charge in [-0.15, -0.1) is 11.8 Å². The van der Waals surface area contributed by atoms with Gasteiger partial charge in [0.05, 0.1) is 11.7 Å².